The molecule has 1 unspecified atom stereocenters. The highest BCUT2D eigenvalue weighted by Gasteiger charge is 2.30. The van der Waals surface area contributed by atoms with E-state index in [0.717, 1.165) is 0 Å². The van der Waals surface area contributed by atoms with E-state index >= 15 is 0 Å². The van der Waals surface area contributed by atoms with E-state index in [1.54, 1.807) is 24.3 Å². The molecule has 0 saturated heterocycles. The van der Waals surface area contributed by atoms with Crippen molar-refractivity contribution in [2.45, 2.75) is 30.3 Å². The lowest BCUT2D eigenvalue weighted by Crippen LogP contribution is -2.40. The van der Waals surface area contributed by atoms with Crippen LogP contribution in [0.3, 0.4) is 0 Å². The summed E-state index contributed by atoms with van der Waals surface area (Å²) in [5, 5.41) is 0. The standard InChI is InChI=1S/C12H18O3SSi/c1-5-12(17(2,3)4)15-16(13,14)11-9-7-6-8-10-11/h5-10,12H,1H2,2-4H3. The monoisotopic (exact) mass is 270 g/mol. The first-order valence-corrected chi connectivity index (χ1v) is 10.4. The minimum Gasteiger partial charge on any atom is -0.263 e. The molecule has 0 aliphatic carbocycles. The predicted octanol–water partition coefficient (Wildman–Crippen LogP) is 2.82. The zero-order chi connectivity index (χ0) is 13.1. The fraction of sp³-hybridized carbons (Fsp3) is 0.333. The van der Waals surface area contributed by atoms with E-state index < -0.39 is 23.9 Å². The molecule has 0 bridgehead atoms. The minimum atomic E-state index is -3.69. The molecule has 0 amide bonds. The first-order valence-electron chi connectivity index (χ1n) is 5.38. The fourth-order valence-electron chi connectivity index (χ4n) is 1.32. The zero-order valence-electron chi connectivity index (χ0n) is 10.4. The molecule has 1 rings (SSSR count). The van der Waals surface area contributed by atoms with Crippen molar-refractivity contribution in [1.82, 2.24) is 0 Å². The van der Waals surface area contributed by atoms with Gasteiger partial charge in [0, 0.05) is 0 Å². The fourth-order valence-corrected chi connectivity index (χ4v) is 4.51. The number of rotatable bonds is 5. The Morgan fingerprint density at radius 3 is 2.18 bits per heavy atom. The van der Waals surface area contributed by atoms with Crippen molar-refractivity contribution in [3.05, 3.63) is 43.0 Å². The number of benzene rings is 1. The van der Waals surface area contributed by atoms with Crippen molar-refractivity contribution in [2.24, 2.45) is 0 Å². The van der Waals surface area contributed by atoms with Gasteiger partial charge < -0.3 is 0 Å². The van der Waals surface area contributed by atoms with E-state index in [2.05, 4.69) is 6.58 Å². The summed E-state index contributed by atoms with van der Waals surface area (Å²) in [7, 11) is -5.44. The minimum absolute atomic E-state index is 0.185. The number of hydrogen-bond acceptors (Lipinski definition) is 3. The smallest absolute Gasteiger partial charge is 0.263 e. The van der Waals surface area contributed by atoms with Crippen molar-refractivity contribution in [2.75, 3.05) is 0 Å². The van der Waals surface area contributed by atoms with Gasteiger partial charge in [0.15, 0.2) is 0 Å². The van der Waals surface area contributed by atoms with Crippen LogP contribution < -0.4 is 0 Å². The summed E-state index contributed by atoms with van der Waals surface area (Å²) >= 11 is 0. The normalized spacial score (nSPS) is 14.3. The Kier molecular flexibility index (Phi) is 4.29. The van der Waals surface area contributed by atoms with E-state index in [-0.39, 0.29) is 4.90 Å². The molecule has 0 saturated carbocycles. The molecule has 17 heavy (non-hydrogen) atoms. The van der Waals surface area contributed by atoms with Gasteiger partial charge in [0.05, 0.1) is 18.7 Å². The van der Waals surface area contributed by atoms with Gasteiger partial charge in [-0.2, -0.15) is 8.42 Å². The first kappa shape index (κ1) is 14.1. The van der Waals surface area contributed by atoms with Crippen molar-refractivity contribution in [3.8, 4) is 0 Å². The lowest BCUT2D eigenvalue weighted by atomic mass is 10.4. The van der Waals surface area contributed by atoms with Crippen LogP contribution in [0.1, 0.15) is 0 Å². The topological polar surface area (TPSA) is 43.4 Å². The van der Waals surface area contributed by atoms with Crippen molar-refractivity contribution in [1.29, 1.82) is 0 Å². The van der Waals surface area contributed by atoms with Crippen LogP contribution in [0.4, 0.5) is 0 Å². The maximum absolute atomic E-state index is 12.0. The third kappa shape index (κ3) is 3.80. The Bertz CT molecular complexity index is 474. The maximum Gasteiger partial charge on any atom is 0.297 e. The summed E-state index contributed by atoms with van der Waals surface area (Å²) in [6.45, 7) is 9.78. The molecule has 0 spiro atoms. The molecule has 5 heteroatoms. The molecule has 1 aromatic rings. The average molecular weight is 270 g/mol. The lowest BCUT2D eigenvalue weighted by molar-refractivity contribution is 0.316. The Morgan fingerprint density at radius 2 is 1.76 bits per heavy atom. The van der Waals surface area contributed by atoms with Crippen molar-refractivity contribution in [3.63, 3.8) is 0 Å². The highest BCUT2D eigenvalue weighted by Crippen LogP contribution is 2.20. The van der Waals surface area contributed by atoms with Gasteiger partial charge >= 0.3 is 0 Å². The van der Waals surface area contributed by atoms with Gasteiger partial charge in [-0.25, -0.2) is 0 Å². The molecule has 94 valence electrons. The molecular formula is C12H18O3SSi. The summed E-state index contributed by atoms with van der Waals surface area (Å²) in [6.07, 6.45) is 1.58. The van der Waals surface area contributed by atoms with Crippen LogP contribution in [-0.4, -0.2) is 22.2 Å². The van der Waals surface area contributed by atoms with Gasteiger partial charge in [-0.05, 0) is 12.1 Å². The van der Waals surface area contributed by atoms with Crippen LogP contribution in [0.15, 0.2) is 47.9 Å². The highest BCUT2D eigenvalue weighted by molar-refractivity contribution is 7.86. The Morgan fingerprint density at radius 1 is 1.24 bits per heavy atom. The van der Waals surface area contributed by atoms with Gasteiger partial charge in [-0.1, -0.05) is 43.9 Å². The van der Waals surface area contributed by atoms with E-state index in [1.807, 2.05) is 19.6 Å². The summed E-state index contributed by atoms with van der Waals surface area (Å²) in [5.41, 5.74) is -0.410. The summed E-state index contributed by atoms with van der Waals surface area (Å²) in [5.74, 6) is 0. The SMILES string of the molecule is C=CC(OS(=O)(=O)c1ccccc1)[Si](C)(C)C. The summed E-state index contributed by atoms with van der Waals surface area (Å²) in [6, 6.07) is 8.17. The van der Waals surface area contributed by atoms with Crippen molar-refractivity contribution < 1.29 is 12.6 Å². The molecule has 1 atom stereocenters. The maximum atomic E-state index is 12.0. The van der Waals surface area contributed by atoms with Crippen LogP contribution in [0.5, 0.6) is 0 Å². The highest BCUT2D eigenvalue weighted by atomic mass is 32.2. The van der Waals surface area contributed by atoms with Gasteiger partial charge in [0.2, 0.25) is 0 Å². The second-order valence-corrected chi connectivity index (χ2v) is 11.8. The second kappa shape index (κ2) is 5.16. The van der Waals surface area contributed by atoms with Gasteiger partial charge in [-0.3, -0.25) is 4.18 Å². The first-order chi connectivity index (χ1) is 7.77. The Hall–Kier alpha value is -0.913. The molecule has 0 N–H and O–H groups in total. The van der Waals surface area contributed by atoms with Crippen LogP contribution in [-0.2, 0) is 14.3 Å². The molecule has 0 radical (unpaired) electrons. The molecule has 0 fully saturated rings. The molecule has 0 aliphatic heterocycles. The van der Waals surface area contributed by atoms with E-state index in [9.17, 15) is 8.42 Å². The van der Waals surface area contributed by atoms with Crippen LogP contribution in [0, 0.1) is 0 Å². The quantitative estimate of drug-likeness (QED) is 0.469. The molecule has 0 aliphatic rings. The Labute approximate surface area is 104 Å². The van der Waals surface area contributed by atoms with E-state index in [0.29, 0.717) is 0 Å². The molecule has 0 heterocycles. The van der Waals surface area contributed by atoms with Crippen molar-refractivity contribution >= 4 is 18.2 Å². The molecular weight excluding hydrogens is 252 g/mol. The number of hydrogen-bond donors (Lipinski definition) is 0. The zero-order valence-corrected chi connectivity index (χ0v) is 12.2. The van der Waals surface area contributed by atoms with E-state index in [1.165, 1.54) is 12.1 Å². The van der Waals surface area contributed by atoms with Gasteiger partial charge in [-0.15, -0.1) is 6.58 Å². The van der Waals surface area contributed by atoms with E-state index in [4.69, 9.17) is 4.18 Å². The largest absolute Gasteiger partial charge is 0.297 e. The van der Waals surface area contributed by atoms with Crippen LogP contribution >= 0.6 is 0 Å². The van der Waals surface area contributed by atoms with Gasteiger partial charge in [0.1, 0.15) is 0 Å². The average Bonchev–Trinajstić information content (AvgIpc) is 2.25. The Balaban J connectivity index is 2.98. The van der Waals surface area contributed by atoms with Crippen LogP contribution in [0.2, 0.25) is 19.6 Å². The molecule has 0 aromatic heterocycles. The second-order valence-electron chi connectivity index (χ2n) is 4.89. The third-order valence-electron chi connectivity index (χ3n) is 2.33. The molecule has 3 nitrogen and oxygen atoms in total. The summed E-state index contributed by atoms with van der Waals surface area (Å²) < 4.78 is 29.3. The molecule has 1 aromatic carbocycles. The third-order valence-corrected chi connectivity index (χ3v) is 5.87. The summed E-state index contributed by atoms with van der Waals surface area (Å²) in [4.78, 5) is 0.185. The van der Waals surface area contributed by atoms with Crippen LogP contribution in [0.25, 0.3) is 0 Å². The predicted molar refractivity (Wildman–Crippen MR) is 72.0 cm³/mol. The lowest BCUT2D eigenvalue weighted by Gasteiger charge is -2.25. The van der Waals surface area contributed by atoms with Gasteiger partial charge in [0.25, 0.3) is 10.1 Å².